The summed E-state index contributed by atoms with van der Waals surface area (Å²) in [4.78, 5) is 13.8. The molecule has 0 radical (unpaired) electrons. The first kappa shape index (κ1) is 24.5. The van der Waals surface area contributed by atoms with Gasteiger partial charge in [-0.3, -0.25) is 4.79 Å². The summed E-state index contributed by atoms with van der Waals surface area (Å²) in [5.74, 6) is 0.588. The fourth-order valence-corrected chi connectivity index (χ4v) is 4.93. The van der Waals surface area contributed by atoms with Crippen LogP contribution in [0.25, 0.3) is 0 Å². The zero-order valence-corrected chi connectivity index (χ0v) is 20.9. The number of allylic oxidation sites excluding steroid dienone is 1. The molecule has 1 aliphatic rings. The van der Waals surface area contributed by atoms with Crippen molar-refractivity contribution in [3.63, 3.8) is 0 Å². The Labute approximate surface area is 212 Å². The second kappa shape index (κ2) is 9.95. The Hall–Kier alpha value is -3.60. The molecule has 0 saturated heterocycles. The molecule has 0 bridgehead atoms. The van der Waals surface area contributed by atoms with Gasteiger partial charge in [-0.25, -0.2) is 0 Å². The van der Waals surface area contributed by atoms with E-state index in [4.69, 9.17) is 43.1 Å². The Morgan fingerprint density at radius 1 is 1.09 bits per heavy atom. The molecule has 0 saturated carbocycles. The van der Waals surface area contributed by atoms with E-state index < -0.39 is 5.92 Å². The number of benzene rings is 2. The van der Waals surface area contributed by atoms with Crippen molar-refractivity contribution in [3.8, 4) is 23.3 Å². The molecular formula is C26H23Cl2N3O4. The van der Waals surface area contributed by atoms with E-state index in [-0.39, 0.29) is 28.3 Å². The van der Waals surface area contributed by atoms with E-state index >= 15 is 0 Å². The predicted molar refractivity (Wildman–Crippen MR) is 134 cm³/mol. The second-order valence-corrected chi connectivity index (χ2v) is 8.83. The van der Waals surface area contributed by atoms with Crippen LogP contribution in [-0.4, -0.2) is 18.8 Å². The molecule has 4 rings (SSSR count). The molecule has 180 valence electrons. The highest BCUT2D eigenvalue weighted by atomic mass is 35.5. The number of fused-ring (bicyclic) bond motifs is 1. The fraction of sp³-hybridized carbons (Fsp3) is 0.231. The standard InChI is InChI=1S/C26H23Cl2N3O4/c1-14-11-21-24(22(16(13-29)25(30)35-21)23-17(27)5-4-6-18(23)28)26(32)31(14)10-9-15-7-8-19(33-2)20(12-15)34-3/h4-8,11-12,22H,9-10,30H2,1-3H3/t22-/m1/s1. The Balaban J connectivity index is 1.81. The number of hydrogen-bond acceptors (Lipinski definition) is 6. The lowest BCUT2D eigenvalue weighted by atomic mass is 9.84. The van der Waals surface area contributed by atoms with Crippen molar-refractivity contribution in [1.29, 1.82) is 5.26 Å². The van der Waals surface area contributed by atoms with Gasteiger partial charge >= 0.3 is 0 Å². The minimum absolute atomic E-state index is 0.0807. The lowest BCUT2D eigenvalue weighted by Crippen LogP contribution is -2.33. The number of ether oxygens (including phenoxy) is 3. The van der Waals surface area contributed by atoms with Crippen molar-refractivity contribution in [2.24, 2.45) is 5.73 Å². The molecule has 9 heteroatoms. The molecule has 2 heterocycles. The van der Waals surface area contributed by atoms with Crippen LogP contribution >= 0.6 is 23.2 Å². The van der Waals surface area contributed by atoms with E-state index in [2.05, 4.69) is 6.07 Å². The average molecular weight is 512 g/mol. The van der Waals surface area contributed by atoms with Crippen LogP contribution in [0.3, 0.4) is 0 Å². The van der Waals surface area contributed by atoms with Gasteiger partial charge in [-0.05, 0) is 43.2 Å². The molecule has 0 amide bonds. The van der Waals surface area contributed by atoms with Gasteiger partial charge in [0.05, 0.1) is 25.7 Å². The largest absolute Gasteiger partial charge is 0.493 e. The highest BCUT2D eigenvalue weighted by molar-refractivity contribution is 6.36. The van der Waals surface area contributed by atoms with Crippen molar-refractivity contribution >= 4 is 23.2 Å². The van der Waals surface area contributed by atoms with Crippen LogP contribution < -0.4 is 25.5 Å². The van der Waals surface area contributed by atoms with Gasteiger partial charge in [0.15, 0.2) is 11.5 Å². The Kier molecular flexibility index (Phi) is 6.97. The first-order valence-corrected chi connectivity index (χ1v) is 11.5. The number of aryl methyl sites for hydroxylation is 2. The highest BCUT2D eigenvalue weighted by Crippen LogP contribution is 2.45. The molecule has 1 aliphatic heterocycles. The van der Waals surface area contributed by atoms with Gasteiger partial charge in [-0.15, -0.1) is 0 Å². The quantitative estimate of drug-likeness (QED) is 0.502. The Morgan fingerprint density at radius 2 is 1.77 bits per heavy atom. The van der Waals surface area contributed by atoms with E-state index in [1.807, 2.05) is 25.1 Å². The van der Waals surface area contributed by atoms with Crippen molar-refractivity contribution in [2.75, 3.05) is 14.2 Å². The smallest absolute Gasteiger partial charge is 0.258 e. The number of pyridine rings is 1. The van der Waals surface area contributed by atoms with E-state index in [9.17, 15) is 10.1 Å². The first-order chi connectivity index (χ1) is 16.8. The molecule has 1 aromatic heterocycles. The lowest BCUT2D eigenvalue weighted by Gasteiger charge is -2.28. The summed E-state index contributed by atoms with van der Waals surface area (Å²) in [5, 5.41) is 10.5. The molecule has 7 nitrogen and oxygen atoms in total. The van der Waals surface area contributed by atoms with Crippen LogP contribution in [0.2, 0.25) is 10.0 Å². The highest BCUT2D eigenvalue weighted by Gasteiger charge is 2.36. The number of hydrogen-bond donors (Lipinski definition) is 1. The maximum atomic E-state index is 13.8. The van der Waals surface area contributed by atoms with Crippen LogP contribution in [0.15, 0.2) is 58.7 Å². The number of aromatic nitrogens is 1. The molecule has 0 unspecified atom stereocenters. The zero-order valence-electron chi connectivity index (χ0n) is 19.4. The summed E-state index contributed by atoms with van der Waals surface area (Å²) in [6, 6.07) is 14.5. The number of nitriles is 1. The van der Waals surface area contributed by atoms with Crippen molar-refractivity contribution in [2.45, 2.75) is 25.8 Å². The van der Waals surface area contributed by atoms with E-state index in [1.54, 1.807) is 43.1 Å². The summed E-state index contributed by atoms with van der Waals surface area (Å²) < 4.78 is 18.0. The number of methoxy groups -OCH3 is 2. The monoisotopic (exact) mass is 511 g/mol. The van der Waals surface area contributed by atoms with Crippen molar-refractivity contribution < 1.29 is 14.2 Å². The van der Waals surface area contributed by atoms with Gasteiger partial charge in [0.25, 0.3) is 5.56 Å². The third-order valence-corrected chi connectivity index (χ3v) is 6.71. The normalized spacial score (nSPS) is 14.7. The van der Waals surface area contributed by atoms with Crippen LogP contribution in [0, 0.1) is 18.3 Å². The number of nitrogens with two attached hydrogens (primary N) is 1. The predicted octanol–water partition coefficient (Wildman–Crippen LogP) is 4.94. The zero-order chi connectivity index (χ0) is 25.3. The number of nitrogens with zero attached hydrogens (tertiary/aromatic N) is 2. The average Bonchev–Trinajstić information content (AvgIpc) is 2.83. The van der Waals surface area contributed by atoms with Crippen molar-refractivity contribution in [1.82, 2.24) is 4.57 Å². The molecule has 1 atom stereocenters. The van der Waals surface area contributed by atoms with E-state index in [1.165, 1.54) is 0 Å². The minimum Gasteiger partial charge on any atom is -0.493 e. The van der Waals surface area contributed by atoms with Gasteiger partial charge < -0.3 is 24.5 Å². The second-order valence-electron chi connectivity index (χ2n) is 8.02. The molecule has 2 aromatic carbocycles. The van der Waals surface area contributed by atoms with Gasteiger partial charge in [0, 0.05) is 33.9 Å². The molecule has 0 aliphatic carbocycles. The van der Waals surface area contributed by atoms with Gasteiger partial charge in [-0.1, -0.05) is 35.3 Å². The molecule has 0 spiro atoms. The number of halogens is 2. The lowest BCUT2D eigenvalue weighted by molar-refractivity contribution is 0.354. The Bertz CT molecular complexity index is 1420. The van der Waals surface area contributed by atoms with Crippen LogP contribution in [-0.2, 0) is 13.0 Å². The third kappa shape index (κ3) is 4.43. The minimum atomic E-state index is -0.856. The van der Waals surface area contributed by atoms with E-state index in [0.717, 1.165) is 5.56 Å². The van der Waals surface area contributed by atoms with Crippen molar-refractivity contribution in [3.05, 3.63) is 96.7 Å². The van der Waals surface area contributed by atoms with Gasteiger partial charge in [0.1, 0.15) is 17.4 Å². The van der Waals surface area contributed by atoms with Crippen LogP contribution in [0.4, 0.5) is 0 Å². The summed E-state index contributed by atoms with van der Waals surface area (Å²) in [7, 11) is 3.15. The molecular weight excluding hydrogens is 489 g/mol. The SMILES string of the molecule is COc1ccc(CCn2c(C)cc3c(c2=O)[C@@H](c2c(Cl)cccc2Cl)C(C#N)=C(N)O3)cc1OC. The van der Waals surface area contributed by atoms with Crippen LogP contribution in [0.1, 0.15) is 28.3 Å². The maximum absolute atomic E-state index is 13.8. The first-order valence-electron chi connectivity index (χ1n) is 10.8. The Morgan fingerprint density at radius 3 is 2.40 bits per heavy atom. The summed E-state index contributed by atoms with van der Waals surface area (Å²) >= 11 is 13.0. The molecule has 3 aromatic rings. The summed E-state index contributed by atoms with van der Waals surface area (Å²) in [6.07, 6.45) is 0.557. The third-order valence-electron chi connectivity index (χ3n) is 6.05. The van der Waals surface area contributed by atoms with Gasteiger partial charge in [-0.2, -0.15) is 5.26 Å². The number of rotatable bonds is 6. The fourth-order valence-electron chi connectivity index (χ4n) is 4.32. The molecule has 35 heavy (non-hydrogen) atoms. The molecule has 0 fully saturated rings. The topological polar surface area (TPSA) is 99.5 Å². The molecule has 2 N–H and O–H groups in total. The summed E-state index contributed by atoms with van der Waals surface area (Å²) in [6.45, 7) is 2.20. The summed E-state index contributed by atoms with van der Waals surface area (Å²) in [5.41, 5.74) is 8.21. The van der Waals surface area contributed by atoms with E-state index in [0.29, 0.717) is 45.8 Å². The van der Waals surface area contributed by atoms with Crippen LogP contribution in [0.5, 0.6) is 17.2 Å². The maximum Gasteiger partial charge on any atom is 0.258 e. The van der Waals surface area contributed by atoms with Gasteiger partial charge in [0.2, 0.25) is 5.88 Å².